The van der Waals surface area contributed by atoms with Crippen molar-refractivity contribution in [2.75, 3.05) is 6.54 Å². The summed E-state index contributed by atoms with van der Waals surface area (Å²) in [6, 6.07) is 5.60. The van der Waals surface area contributed by atoms with Crippen molar-refractivity contribution in [3.8, 4) is 0 Å². The molecule has 0 atom stereocenters. The van der Waals surface area contributed by atoms with Crippen molar-refractivity contribution in [3.05, 3.63) is 28.8 Å². The molecule has 1 rings (SSSR count). The first kappa shape index (κ1) is 19.7. The number of nitrogens with one attached hydrogen (secondary N) is 1. The maximum absolute atomic E-state index is 12.5. The minimum atomic E-state index is -1.68. The minimum Gasteiger partial charge on any atom is -0.444 e. The monoisotopic (exact) mass is 355 g/mol. The van der Waals surface area contributed by atoms with Crippen LogP contribution in [0.5, 0.6) is 0 Å². The molecule has 0 spiro atoms. The number of carbonyl (C=O) groups excluding carboxylic acids is 2. The lowest BCUT2D eigenvalue weighted by molar-refractivity contribution is 0.0527. The van der Waals surface area contributed by atoms with Crippen molar-refractivity contribution < 1.29 is 14.3 Å². The first-order chi connectivity index (χ1) is 10.4. The summed E-state index contributed by atoms with van der Waals surface area (Å²) < 4.78 is 5.15. The molecule has 4 nitrogen and oxygen atoms in total. The summed E-state index contributed by atoms with van der Waals surface area (Å²) in [5.74, 6) is -0.0518. The van der Waals surface area contributed by atoms with Crippen molar-refractivity contribution in [2.24, 2.45) is 0 Å². The SMILES string of the molecule is CC(C)(C)OC(=O)NCCC(=O)c1c(Cl)cccc1[Si](C)(C)C. The third kappa shape index (κ3) is 6.35. The van der Waals surface area contributed by atoms with Crippen LogP contribution in [-0.2, 0) is 4.74 Å². The fourth-order valence-electron chi connectivity index (χ4n) is 2.15. The lowest BCUT2D eigenvalue weighted by Crippen LogP contribution is -2.42. The van der Waals surface area contributed by atoms with Crippen LogP contribution in [0.1, 0.15) is 37.6 Å². The van der Waals surface area contributed by atoms with E-state index in [9.17, 15) is 9.59 Å². The van der Waals surface area contributed by atoms with Gasteiger partial charge in [0.25, 0.3) is 0 Å². The Bertz CT molecular complexity index is 588. The van der Waals surface area contributed by atoms with Crippen molar-refractivity contribution >= 4 is 36.7 Å². The standard InChI is InChI=1S/C17H26ClNO3Si/c1-17(2,3)22-16(21)19-11-10-13(20)15-12(18)8-7-9-14(15)23(4,5)6/h7-9H,10-11H2,1-6H3,(H,19,21). The number of alkyl carbamates (subject to hydrolysis) is 1. The van der Waals surface area contributed by atoms with Crippen LogP contribution in [0, 0.1) is 0 Å². The van der Waals surface area contributed by atoms with E-state index >= 15 is 0 Å². The number of benzene rings is 1. The van der Waals surface area contributed by atoms with Gasteiger partial charge in [-0.3, -0.25) is 4.79 Å². The Morgan fingerprint density at radius 1 is 1.22 bits per heavy atom. The molecule has 0 saturated carbocycles. The zero-order valence-electron chi connectivity index (χ0n) is 14.7. The highest BCUT2D eigenvalue weighted by molar-refractivity contribution is 6.89. The molecule has 1 N–H and O–H groups in total. The predicted molar refractivity (Wildman–Crippen MR) is 97.6 cm³/mol. The summed E-state index contributed by atoms with van der Waals surface area (Å²) in [5.41, 5.74) is 0.0429. The van der Waals surface area contributed by atoms with Gasteiger partial charge in [0.2, 0.25) is 0 Å². The molecular formula is C17H26ClNO3Si. The average molecular weight is 356 g/mol. The van der Waals surface area contributed by atoms with Gasteiger partial charge in [-0.1, -0.05) is 43.4 Å². The van der Waals surface area contributed by atoms with Crippen molar-refractivity contribution in [2.45, 2.75) is 52.4 Å². The molecule has 0 bridgehead atoms. The van der Waals surface area contributed by atoms with Crippen LogP contribution < -0.4 is 10.5 Å². The normalized spacial score (nSPS) is 12.0. The highest BCUT2D eigenvalue weighted by atomic mass is 35.5. The van der Waals surface area contributed by atoms with E-state index in [4.69, 9.17) is 16.3 Å². The summed E-state index contributed by atoms with van der Waals surface area (Å²) in [7, 11) is -1.68. The summed E-state index contributed by atoms with van der Waals surface area (Å²) in [6.45, 7) is 12.1. The molecule has 1 aromatic carbocycles. The minimum absolute atomic E-state index is 0.0518. The molecule has 0 unspecified atom stereocenters. The molecule has 1 amide bonds. The molecule has 6 heteroatoms. The Hall–Kier alpha value is -1.33. The first-order valence-corrected chi connectivity index (χ1v) is 11.6. The lowest BCUT2D eigenvalue weighted by Gasteiger charge is -2.22. The van der Waals surface area contributed by atoms with E-state index in [1.165, 1.54) is 0 Å². The van der Waals surface area contributed by atoms with Gasteiger partial charge in [-0.2, -0.15) is 0 Å². The van der Waals surface area contributed by atoms with Gasteiger partial charge in [0.1, 0.15) is 5.60 Å². The number of Topliss-reactive ketones (excluding diaryl/α,β-unsaturated/α-hetero) is 1. The Balaban J connectivity index is 2.75. The van der Waals surface area contributed by atoms with E-state index < -0.39 is 19.8 Å². The number of rotatable bonds is 5. The van der Waals surface area contributed by atoms with E-state index in [0.717, 1.165) is 5.19 Å². The number of hydrogen-bond acceptors (Lipinski definition) is 3. The Labute approximate surface area is 144 Å². The van der Waals surface area contributed by atoms with Crippen LogP contribution in [0.25, 0.3) is 0 Å². The average Bonchev–Trinajstić information content (AvgIpc) is 2.34. The smallest absolute Gasteiger partial charge is 0.407 e. The Morgan fingerprint density at radius 2 is 1.83 bits per heavy atom. The largest absolute Gasteiger partial charge is 0.444 e. The van der Waals surface area contributed by atoms with E-state index in [1.54, 1.807) is 26.8 Å². The number of hydrogen-bond donors (Lipinski definition) is 1. The van der Waals surface area contributed by atoms with Crippen LogP contribution in [0.2, 0.25) is 24.7 Å². The molecule has 0 aliphatic carbocycles. The zero-order valence-corrected chi connectivity index (χ0v) is 16.5. The number of ketones is 1. The van der Waals surface area contributed by atoms with Gasteiger partial charge >= 0.3 is 6.09 Å². The number of ether oxygens (including phenoxy) is 1. The maximum Gasteiger partial charge on any atom is 0.407 e. The first-order valence-electron chi connectivity index (χ1n) is 7.71. The molecule has 0 radical (unpaired) electrons. The van der Waals surface area contributed by atoms with Gasteiger partial charge < -0.3 is 10.1 Å². The van der Waals surface area contributed by atoms with Crippen molar-refractivity contribution in [1.29, 1.82) is 0 Å². The van der Waals surface area contributed by atoms with Gasteiger partial charge in [0.15, 0.2) is 5.78 Å². The summed E-state index contributed by atoms with van der Waals surface area (Å²) in [4.78, 5) is 24.2. The van der Waals surface area contributed by atoms with Crippen LogP contribution >= 0.6 is 11.6 Å². The van der Waals surface area contributed by atoms with E-state index in [2.05, 4.69) is 25.0 Å². The Morgan fingerprint density at radius 3 is 2.35 bits per heavy atom. The number of halogens is 1. The molecule has 128 valence electrons. The lowest BCUT2D eigenvalue weighted by atomic mass is 10.1. The van der Waals surface area contributed by atoms with Crippen LogP contribution in [0.15, 0.2) is 18.2 Å². The number of carbonyl (C=O) groups is 2. The van der Waals surface area contributed by atoms with Crippen molar-refractivity contribution in [3.63, 3.8) is 0 Å². The molecule has 0 fully saturated rings. The van der Waals surface area contributed by atoms with E-state index in [0.29, 0.717) is 10.6 Å². The maximum atomic E-state index is 12.5. The summed E-state index contributed by atoms with van der Waals surface area (Å²) in [6.07, 6.45) is -0.324. The molecule has 0 aliphatic heterocycles. The quantitative estimate of drug-likeness (QED) is 0.642. The van der Waals surface area contributed by atoms with Crippen LogP contribution in [0.4, 0.5) is 4.79 Å². The van der Waals surface area contributed by atoms with Gasteiger partial charge in [-0.15, -0.1) is 0 Å². The predicted octanol–water partition coefficient (Wildman–Crippen LogP) is 3.98. The second kappa shape index (κ2) is 7.49. The Kier molecular flexibility index (Phi) is 6.42. The second-order valence-corrected chi connectivity index (χ2v) is 13.0. The molecule has 0 heterocycles. The van der Waals surface area contributed by atoms with Crippen LogP contribution in [0.3, 0.4) is 0 Å². The third-order valence-corrected chi connectivity index (χ3v) is 5.47. The summed E-state index contributed by atoms with van der Waals surface area (Å²) >= 11 is 6.25. The van der Waals surface area contributed by atoms with Gasteiger partial charge in [0, 0.05) is 18.5 Å². The van der Waals surface area contributed by atoms with Crippen molar-refractivity contribution in [1.82, 2.24) is 5.32 Å². The molecule has 23 heavy (non-hydrogen) atoms. The second-order valence-electron chi connectivity index (χ2n) is 7.51. The topological polar surface area (TPSA) is 55.4 Å². The fourth-order valence-corrected chi connectivity index (χ4v) is 4.13. The van der Waals surface area contributed by atoms with Crippen LogP contribution in [-0.4, -0.2) is 32.1 Å². The van der Waals surface area contributed by atoms with E-state index in [1.807, 2.05) is 12.1 Å². The number of amides is 1. The third-order valence-electron chi connectivity index (χ3n) is 3.12. The zero-order chi connectivity index (χ0) is 17.8. The van der Waals surface area contributed by atoms with Gasteiger partial charge in [-0.25, -0.2) is 4.79 Å². The molecule has 1 aromatic rings. The van der Waals surface area contributed by atoms with E-state index in [-0.39, 0.29) is 18.7 Å². The molecule has 0 saturated heterocycles. The van der Waals surface area contributed by atoms with Gasteiger partial charge in [0.05, 0.1) is 13.1 Å². The molecule has 0 aromatic heterocycles. The van der Waals surface area contributed by atoms with Gasteiger partial charge in [-0.05, 0) is 32.0 Å². The fraction of sp³-hybridized carbons (Fsp3) is 0.529. The highest BCUT2D eigenvalue weighted by Gasteiger charge is 2.25. The molecular weight excluding hydrogens is 330 g/mol. The summed E-state index contributed by atoms with van der Waals surface area (Å²) in [5, 5.41) is 4.13. The highest BCUT2D eigenvalue weighted by Crippen LogP contribution is 2.19. The molecule has 0 aliphatic rings.